The lowest BCUT2D eigenvalue weighted by atomic mass is 10.1. The van der Waals surface area contributed by atoms with Crippen molar-refractivity contribution in [2.75, 3.05) is 16.5 Å². The zero-order valence-corrected chi connectivity index (χ0v) is 15.5. The molecular weight excluding hydrogens is 374 g/mol. The van der Waals surface area contributed by atoms with Gasteiger partial charge in [-0.3, -0.25) is 15.6 Å². The van der Waals surface area contributed by atoms with Crippen molar-refractivity contribution in [3.63, 3.8) is 0 Å². The van der Waals surface area contributed by atoms with E-state index in [0.717, 1.165) is 15.8 Å². The summed E-state index contributed by atoms with van der Waals surface area (Å²) in [6, 6.07) is 17.3. The Morgan fingerprint density at radius 1 is 1.00 bits per heavy atom. The predicted octanol–water partition coefficient (Wildman–Crippen LogP) is 3.10. The summed E-state index contributed by atoms with van der Waals surface area (Å²) in [5.41, 5.74) is 13.6. The van der Waals surface area contributed by atoms with E-state index in [1.807, 2.05) is 54.6 Å². The number of amides is 1. The molecule has 4 rings (SSSR count). The third-order valence-electron chi connectivity index (χ3n) is 3.93. The average molecular weight is 391 g/mol. The number of carbonyl (C=O) groups is 1. The van der Waals surface area contributed by atoms with Crippen molar-refractivity contribution in [1.82, 2.24) is 20.4 Å². The first-order valence-corrected chi connectivity index (χ1v) is 9.32. The molecule has 0 spiro atoms. The molecule has 0 saturated carbocycles. The molecule has 140 valence electrons. The van der Waals surface area contributed by atoms with E-state index in [1.165, 1.54) is 17.7 Å². The zero-order valence-electron chi connectivity index (χ0n) is 14.7. The van der Waals surface area contributed by atoms with Gasteiger partial charge in [-0.25, -0.2) is 15.0 Å². The maximum Gasteiger partial charge on any atom is 0.242 e. The van der Waals surface area contributed by atoms with E-state index < -0.39 is 0 Å². The van der Waals surface area contributed by atoms with Crippen LogP contribution in [0.5, 0.6) is 0 Å². The number of nitrogens with one attached hydrogen (secondary N) is 3. The quantitative estimate of drug-likeness (QED) is 0.373. The largest absolute Gasteiger partial charge is 0.393 e. The Bertz CT molecular complexity index is 1080. The number of hydrogen-bond donors (Lipinski definition) is 4. The SMILES string of the molecule is Nc1c(NNC(=O)Cc2ccccc2)ncnc1Nc1nc2ccccc2s1. The molecule has 0 radical (unpaired) electrons. The summed E-state index contributed by atoms with van der Waals surface area (Å²) >= 11 is 1.50. The van der Waals surface area contributed by atoms with Crippen molar-refractivity contribution < 1.29 is 4.79 Å². The monoisotopic (exact) mass is 391 g/mol. The number of nitrogens with two attached hydrogens (primary N) is 1. The second-order valence-electron chi connectivity index (χ2n) is 5.93. The first-order valence-electron chi connectivity index (χ1n) is 8.51. The van der Waals surface area contributed by atoms with E-state index in [0.29, 0.717) is 16.8 Å². The summed E-state index contributed by atoms with van der Waals surface area (Å²) in [4.78, 5) is 24.8. The Morgan fingerprint density at radius 2 is 1.75 bits per heavy atom. The molecule has 1 amide bonds. The van der Waals surface area contributed by atoms with Crippen molar-refractivity contribution in [1.29, 1.82) is 0 Å². The van der Waals surface area contributed by atoms with Crippen LogP contribution in [0.4, 0.5) is 22.5 Å². The second kappa shape index (κ2) is 7.89. The summed E-state index contributed by atoms with van der Waals surface area (Å²) in [5, 5.41) is 3.78. The Morgan fingerprint density at radius 3 is 2.57 bits per heavy atom. The number of fused-ring (bicyclic) bond motifs is 1. The number of rotatable bonds is 6. The van der Waals surface area contributed by atoms with Crippen molar-refractivity contribution in [2.45, 2.75) is 6.42 Å². The van der Waals surface area contributed by atoms with Crippen LogP contribution >= 0.6 is 11.3 Å². The molecule has 0 saturated heterocycles. The summed E-state index contributed by atoms with van der Waals surface area (Å²) in [7, 11) is 0. The van der Waals surface area contributed by atoms with E-state index in [9.17, 15) is 4.79 Å². The highest BCUT2D eigenvalue weighted by Crippen LogP contribution is 2.30. The van der Waals surface area contributed by atoms with Gasteiger partial charge in [-0.1, -0.05) is 53.8 Å². The number of hydrazine groups is 1. The van der Waals surface area contributed by atoms with Crippen molar-refractivity contribution in [3.8, 4) is 0 Å². The normalized spacial score (nSPS) is 10.6. The fourth-order valence-electron chi connectivity index (χ4n) is 2.58. The van der Waals surface area contributed by atoms with Gasteiger partial charge in [-0.2, -0.15) is 0 Å². The number of thiazole rings is 1. The van der Waals surface area contributed by atoms with Crippen LogP contribution in [-0.2, 0) is 11.2 Å². The van der Waals surface area contributed by atoms with Crippen LogP contribution in [0.15, 0.2) is 60.9 Å². The summed E-state index contributed by atoms with van der Waals surface area (Å²) < 4.78 is 1.06. The number of carbonyl (C=O) groups excluding carboxylic acids is 1. The predicted molar refractivity (Wildman–Crippen MR) is 111 cm³/mol. The highest BCUT2D eigenvalue weighted by atomic mass is 32.1. The Labute approximate surface area is 164 Å². The third kappa shape index (κ3) is 3.99. The number of para-hydroxylation sites is 1. The van der Waals surface area contributed by atoms with Crippen molar-refractivity contribution in [2.24, 2.45) is 0 Å². The lowest BCUT2D eigenvalue weighted by Crippen LogP contribution is -2.31. The molecule has 4 aromatic rings. The molecule has 0 bridgehead atoms. The number of nitrogens with zero attached hydrogens (tertiary/aromatic N) is 3. The van der Waals surface area contributed by atoms with Crippen LogP contribution in [0.3, 0.4) is 0 Å². The van der Waals surface area contributed by atoms with E-state index in [-0.39, 0.29) is 18.0 Å². The molecule has 2 heterocycles. The van der Waals surface area contributed by atoms with Gasteiger partial charge in [-0.15, -0.1) is 0 Å². The number of aromatic nitrogens is 3. The average Bonchev–Trinajstić information content (AvgIpc) is 3.12. The lowest BCUT2D eigenvalue weighted by Gasteiger charge is -2.12. The molecule has 28 heavy (non-hydrogen) atoms. The number of nitrogen functional groups attached to an aromatic ring is 1. The molecule has 5 N–H and O–H groups in total. The molecule has 0 aliphatic carbocycles. The van der Waals surface area contributed by atoms with Gasteiger partial charge in [0.05, 0.1) is 16.6 Å². The van der Waals surface area contributed by atoms with Crippen LogP contribution in [0.2, 0.25) is 0 Å². The molecule has 0 aliphatic heterocycles. The van der Waals surface area contributed by atoms with E-state index in [1.54, 1.807) is 0 Å². The van der Waals surface area contributed by atoms with Gasteiger partial charge in [0.25, 0.3) is 0 Å². The zero-order chi connectivity index (χ0) is 19.3. The van der Waals surface area contributed by atoms with Gasteiger partial charge in [0.2, 0.25) is 5.91 Å². The molecule has 9 heteroatoms. The van der Waals surface area contributed by atoms with Gasteiger partial charge in [0.15, 0.2) is 16.8 Å². The number of hydrogen-bond acceptors (Lipinski definition) is 8. The van der Waals surface area contributed by atoms with E-state index in [2.05, 4.69) is 31.1 Å². The van der Waals surface area contributed by atoms with Gasteiger partial charge >= 0.3 is 0 Å². The molecule has 2 aromatic carbocycles. The van der Waals surface area contributed by atoms with Gasteiger partial charge in [-0.05, 0) is 17.7 Å². The fraction of sp³-hybridized carbons (Fsp3) is 0.0526. The molecule has 0 fully saturated rings. The van der Waals surface area contributed by atoms with Crippen LogP contribution < -0.4 is 21.9 Å². The number of benzene rings is 2. The van der Waals surface area contributed by atoms with Crippen LogP contribution in [-0.4, -0.2) is 20.9 Å². The molecule has 0 unspecified atom stereocenters. The summed E-state index contributed by atoms with van der Waals surface area (Å²) in [6.07, 6.45) is 1.60. The summed E-state index contributed by atoms with van der Waals surface area (Å²) in [5.74, 6) is 0.513. The Balaban J connectivity index is 1.43. The topological polar surface area (TPSA) is 118 Å². The Hall–Kier alpha value is -3.72. The van der Waals surface area contributed by atoms with Crippen LogP contribution in [0, 0.1) is 0 Å². The fourth-order valence-corrected chi connectivity index (χ4v) is 3.44. The first-order chi connectivity index (χ1) is 13.7. The van der Waals surface area contributed by atoms with Gasteiger partial charge in [0, 0.05) is 0 Å². The lowest BCUT2D eigenvalue weighted by molar-refractivity contribution is -0.119. The minimum Gasteiger partial charge on any atom is -0.393 e. The van der Waals surface area contributed by atoms with E-state index >= 15 is 0 Å². The highest BCUT2D eigenvalue weighted by Gasteiger charge is 2.12. The van der Waals surface area contributed by atoms with Crippen LogP contribution in [0.25, 0.3) is 10.2 Å². The van der Waals surface area contributed by atoms with Gasteiger partial charge < -0.3 is 11.1 Å². The second-order valence-corrected chi connectivity index (χ2v) is 6.96. The number of anilines is 4. The van der Waals surface area contributed by atoms with Crippen molar-refractivity contribution in [3.05, 3.63) is 66.5 Å². The Kier molecular flexibility index (Phi) is 4.98. The molecule has 0 atom stereocenters. The minimum atomic E-state index is -0.204. The maximum absolute atomic E-state index is 12.1. The first kappa shape index (κ1) is 17.7. The van der Waals surface area contributed by atoms with Crippen molar-refractivity contribution >= 4 is 49.9 Å². The standard InChI is InChI=1S/C19H17N7OS/c20-16-17(24-19-23-13-8-4-5-9-14(13)28-19)21-11-22-18(16)26-25-15(27)10-12-6-2-1-3-7-12/h1-9,11H,10,20H2,(H,25,27)(H2,21,22,23,24,26). The highest BCUT2D eigenvalue weighted by molar-refractivity contribution is 7.22. The minimum absolute atomic E-state index is 0.204. The molecular formula is C19H17N7OS. The third-order valence-corrected chi connectivity index (χ3v) is 4.88. The molecule has 0 aliphatic rings. The maximum atomic E-state index is 12.1. The summed E-state index contributed by atoms with van der Waals surface area (Å²) in [6.45, 7) is 0. The molecule has 8 nitrogen and oxygen atoms in total. The van der Waals surface area contributed by atoms with Gasteiger partial charge in [0.1, 0.15) is 12.0 Å². The van der Waals surface area contributed by atoms with E-state index in [4.69, 9.17) is 5.73 Å². The van der Waals surface area contributed by atoms with Crippen LogP contribution in [0.1, 0.15) is 5.56 Å². The smallest absolute Gasteiger partial charge is 0.242 e. The molecule has 2 aromatic heterocycles.